The highest BCUT2D eigenvalue weighted by Gasteiger charge is 2.27. The molecule has 0 aromatic carbocycles. The topological polar surface area (TPSA) is 77.1 Å². The lowest BCUT2D eigenvalue weighted by Crippen LogP contribution is -2.40. The summed E-state index contributed by atoms with van der Waals surface area (Å²) in [5.74, 6) is -0.0806. The van der Waals surface area contributed by atoms with E-state index in [9.17, 15) is 4.79 Å². The second-order valence-electron chi connectivity index (χ2n) is 3.64. The van der Waals surface area contributed by atoms with Crippen molar-refractivity contribution in [3.05, 3.63) is 0 Å². The van der Waals surface area contributed by atoms with Gasteiger partial charge in [-0.3, -0.25) is 4.79 Å². The molecule has 86 valence electrons. The molecular weight excluding hydrogens is 206 g/mol. The molecule has 1 atom stereocenters. The Kier molecular flexibility index (Phi) is 5.31. The second kappa shape index (κ2) is 6.81. The number of amides is 1. The molecule has 0 bridgehead atoms. The average molecular weight is 221 g/mol. The fourth-order valence-corrected chi connectivity index (χ4v) is 1.68. The van der Waals surface area contributed by atoms with Gasteiger partial charge in [0.25, 0.3) is 5.91 Å². The summed E-state index contributed by atoms with van der Waals surface area (Å²) in [5.41, 5.74) is 0. The number of ether oxygens (including phenoxy) is 1. The van der Waals surface area contributed by atoms with Crippen LogP contribution in [0.25, 0.3) is 0 Å². The van der Waals surface area contributed by atoms with Crippen molar-refractivity contribution in [1.82, 2.24) is 4.90 Å². The minimum atomic E-state index is -0.364. The van der Waals surface area contributed by atoms with Crippen molar-refractivity contribution < 1.29 is 9.53 Å². The Labute approximate surface area is 95.2 Å². The van der Waals surface area contributed by atoms with E-state index < -0.39 is 0 Å². The molecule has 0 aromatic rings. The van der Waals surface area contributed by atoms with E-state index in [1.54, 1.807) is 4.90 Å². The molecule has 1 fully saturated rings. The van der Waals surface area contributed by atoms with Crippen LogP contribution in [-0.4, -0.2) is 36.6 Å². The number of rotatable bonds is 5. The number of carbonyl (C=O) groups is 1. The quantitative estimate of drug-likeness (QED) is 0.688. The molecule has 1 unspecified atom stereocenters. The summed E-state index contributed by atoms with van der Waals surface area (Å²) in [6.45, 7) is 1.40. The molecule has 0 aliphatic carbocycles. The van der Waals surface area contributed by atoms with Gasteiger partial charge in [-0.25, -0.2) is 0 Å². The van der Waals surface area contributed by atoms with Crippen molar-refractivity contribution >= 4 is 5.91 Å². The molecule has 0 spiro atoms. The highest BCUT2D eigenvalue weighted by atomic mass is 16.5. The first kappa shape index (κ1) is 12.5. The molecule has 5 nitrogen and oxygen atoms in total. The Morgan fingerprint density at radius 2 is 1.94 bits per heavy atom. The molecule has 1 aliphatic heterocycles. The van der Waals surface area contributed by atoms with Crippen molar-refractivity contribution in [2.75, 3.05) is 19.7 Å². The molecule has 16 heavy (non-hydrogen) atoms. The Balaban J connectivity index is 2.49. The van der Waals surface area contributed by atoms with Gasteiger partial charge >= 0.3 is 0 Å². The molecule has 0 saturated carbocycles. The first-order chi connectivity index (χ1) is 7.79. The van der Waals surface area contributed by atoms with Crippen molar-refractivity contribution in [3.8, 4) is 12.1 Å². The smallest absolute Gasteiger partial charge is 0.251 e. The van der Waals surface area contributed by atoms with E-state index in [0.29, 0.717) is 32.5 Å². The van der Waals surface area contributed by atoms with E-state index in [1.807, 2.05) is 12.1 Å². The molecule has 1 rings (SSSR count). The van der Waals surface area contributed by atoms with Crippen molar-refractivity contribution in [2.24, 2.45) is 0 Å². The van der Waals surface area contributed by atoms with Crippen LogP contribution in [0.2, 0.25) is 0 Å². The summed E-state index contributed by atoms with van der Waals surface area (Å²) in [6.07, 6.45) is 1.88. The monoisotopic (exact) mass is 221 g/mol. The molecule has 0 aromatic heterocycles. The van der Waals surface area contributed by atoms with Gasteiger partial charge in [0.2, 0.25) is 0 Å². The maximum Gasteiger partial charge on any atom is 0.251 e. The van der Waals surface area contributed by atoms with Crippen LogP contribution in [0.5, 0.6) is 0 Å². The lowest BCUT2D eigenvalue weighted by molar-refractivity contribution is -0.140. The maximum absolute atomic E-state index is 11.9. The number of carbonyl (C=O) groups excluding carboxylic acids is 1. The molecule has 1 saturated heterocycles. The van der Waals surface area contributed by atoms with Crippen LogP contribution in [0.4, 0.5) is 0 Å². The average Bonchev–Trinajstić information content (AvgIpc) is 2.82. The second-order valence-corrected chi connectivity index (χ2v) is 3.64. The minimum Gasteiger partial charge on any atom is -0.368 e. The van der Waals surface area contributed by atoms with E-state index in [0.717, 1.165) is 12.8 Å². The van der Waals surface area contributed by atoms with Crippen molar-refractivity contribution in [1.29, 1.82) is 10.5 Å². The standard InChI is InChI=1S/C11H15N3O2/c12-5-2-7-14(8-3-6-13)11(15)10-4-1-9-16-10/h10H,1-4,7-9H2. The van der Waals surface area contributed by atoms with Crippen LogP contribution in [0.3, 0.4) is 0 Å². The Bertz CT molecular complexity index is 292. The zero-order chi connectivity index (χ0) is 11.8. The van der Waals surface area contributed by atoms with Gasteiger partial charge in [-0.2, -0.15) is 10.5 Å². The molecule has 5 heteroatoms. The van der Waals surface area contributed by atoms with Crippen LogP contribution in [-0.2, 0) is 9.53 Å². The summed E-state index contributed by atoms with van der Waals surface area (Å²) >= 11 is 0. The third-order valence-electron chi connectivity index (χ3n) is 2.50. The Hall–Kier alpha value is -1.59. The van der Waals surface area contributed by atoms with Crippen LogP contribution in [0.15, 0.2) is 0 Å². The number of nitrogens with zero attached hydrogens (tertiary/aromatic N) is 3. The Morgan fingerprint density at radius 3 is 2.38 bits per heavy atom. The predicted molar refractivity (Wildman–Crippen MR) is 56.0 cm³/mol. The highest BCUT2D eigenvalue weighted by molar-refractivity contribution is 5.81. The van der Waals surface area contributed by atoms with E-state index in [4.69, 9.17) is 15.3 Å². The summed E-state index contributed by atoms with van der Waals surface area (Å²) < 4.78 is 5.30. The number of nitriles is 2. The first-order valence-corrected chi connectivity index (χ1v) is 5.44. The summed E-state index contributed by atoms with van der Waals surface area (Å²) in [6, 6.07) is 4.00. The minimum absolute atomic E-state index is 0.0806. The molecule has 1 amide bonds. The predicted octanol–water partition coefficient (Wildman–Crippen LogP) is 0.821. The zero-order valence-corrected chi connectivity index (χ0v) is 9.19. The molecule has 0 N–H and O–H groups in total. The SMILES string of the molecule is N#CCCN(CCC#N)C(=O)C1CCCO1. The van der Waals surface area contributed by atoms with Gasteiger partial charge in [0, 0.05) is 19.7 Å². The van der Waals surface area contributed by atoms with E-state index in [1.165, 1.54) is 0 Å². The van der Waals surface area contributed by atoms with Gasteiger partial charge in [0.1, 0.15) is 6.10 Å². The van der Waals surface area contributed by atoms with Gasteiger partial charge in [0.15, 0.2) is 0 Å². The molecule has 1 aliphatic rings. The molecule has 0 radical (unpaired) electrons. The van der Waals surface area contributed by atoms with Gasteiger partial charge in [0.05, 0.1) is 25.0 Å². The fourth-order valence-electron chi connectivity index (χ4n) is 1.68. The first-order valence-electron chi connectivity index (χ1n) is 5.44. The fraction of sp³-hybridized carbons (Fsp3) is 0.727. The third kappa shape index (κ3) is 3.52. The zero-order valence-electron chi connectivity index (χ0n) is 9.19. The van der Waals surface area contributed by atoms with Gasteiger partial charge in [-0.05, 0) is 12.8 Å². The van der Waals surface area contributed by atoms with Crippen LogP contribution >= 0.6 is 0 Å². The van der Waals surface area contributed by atoms with E-state index >= 15 is 0 Å². The third-order valence-corrected chi connectivity index (χ3v) is 2.50. The summed E-state index contributed by atoms with van der Waals surface area (Å²) in [7, 11) is 0. The normalized spacial score (nSPS) is 18.8. The number of hydrogen-bond acceptors (Lipinski definition) is 4. The van der Waals surface area contributed by atoms with Crippen LogP contribution in [0.1, 0.15) is 25.7 Å². The van der Waals surface area contributed by atoms with Crippen molar-refractivity contribution in [2.45, 2.75) is 31.8 Å². The Morgan fingerprint density at radius 1 is 1.31 bits per heavy atom. The van der Waals surface area contributed by atoms with E-state index in [-0.39, 0.29) is 12.0 Å². The van der Waals surface area contributed by atoms with Gasteiger partial charge in [-0.15, -0.1) is 0 Å². The molecule has 1 heterocycles. The summed E-state index contributed by atoms with van der Waals surface area (Å²) in [5, 5.41) is 17.0. The largest absolute Gasteiger partial charge is 0.368 e. The van der Waals surface area contributed by atoms with Gasteiger partial charge in [-0.1, -0.05) is 0 Å². The summed E-state index contributed by atoms with van der Waals surface area (Å²) in [4.78, 5) is 13.5. The van der Waals surface area contributed by atoms with Crippen LogP contribution < -0.4 is 0 Å². The van der Waals surface area contributed by atoms with E-state index in [2.05, 4.69) is 0 Å². The lowest BCUT2D eigenvalue weighted by atomic mass is 10.2. The maximum atomic E-state index is 11.9. The highest BCUT2D eigenvalue weighted by Crippen LogP contribution is 2.15. The number of hydrogen-bond donors (Lipinski definition) is 0. The lowest BCUT2D eigenvalue weighted by Gasteiger charge is -2.23. The molecular formula is C11H15N3O2. The van der Waals surface area contributed by atoms with Crippen LogP contribution in [0, 0.1) is 22.7 Å². The van der Waals surface area contributed by atoms with Crippen molar-refractivity contribution in [3.63, 3.8) is 0 Å². The van der Waals surface area contributed by atoms with Gasteiger partial charge < -0.3 is 9.64 Å².